The number of pyridine rings is 1. The number of fused-ring (bicyclic) bond motifs is 1. The van der Waals surface area contributed by atoms with Gasteiger partial charge in [-0.15, -0.1) is 0 Å². The summed E-state index contributed by atoms with van der Waals surface area (Å²) < 4.78 is 4.99. The molecule has 1 N–H and O–H groups in total. The molecule has 2 aromatic carbocycles. The molecular weight excluding hydrogens is 440 g/mol. The molecule has 0 saturated carbocycles. The Morgan fingerprint density at radius 2 is 1.85 bits per heavy atom. The number of carbonyl (C=O) groups is 2. The largest absolute Gasteiger partial charge is 0.462 e. The number of nitrogens with one attached hydrogen (secondary N) is 1. The molecular formula is C25H27ClN4O3. The van der Waals surface area contributed by atoms with Gasteiger partial charge in [-0.2, -0.15) is 0 Å². The minimum Gasteiger partial charge on any atom is -0.462 e. The smallest absolute Gasteiger partial charge is 0.339 e. The predicted molar refractivity (Wildman–Crippen MR) is 130 cm³/mol. The monoisotopic (exact) mass is 466 g/mol. The van der Waals surface area contributed by atoms with Crippen LogP contribution in [0.5, 0.6) is 0 Å². The van der Waals surface area contributed by atoms with Gasteiger partial charge in [0.25, 0.3) is 0 Å². The highest BCUT2D eigenvalue weighted by Crippen LogP contribution is 2.26. The number of aromatic nitrogens is 1. The number of rotatable bonds is 5. The zero-order valence-electron chi connectivity index (χ0n) is 18.8. The van der Waals surface area contributed by atoms with E-state index < -0.39 is 5.97 Å². The first-order chi connectivity index (χ1) is 16.0. The number of urea groups is 1. The van der Waals surface area contributed by atoms with Gasteiger partial charge in [0.15, 0.2) is 0 Å². The van der Waals surface area contributed by atoms with Crippen molar-refractivity contribution in [1.82, 2.24) is 15.2 Å². The van der Waals surface area contributed by atoms with Crippen LogP contribution in [0.2, 0.25) is 5.02 Å². The Morgan fingerprint density at radius 3 is 2.58 bits per heavy atom. The first kappa shape index (κ1) is 22.9. The van der Waals surface area contributed by atoms with E-state index >= 15 is 0 Å². The molecule has 7 nitrogen and oxygen atoms in total. The van der Waals surface area contributed by atoms with Crippen molar-refractivity contribution in [2.75, 3.05) is 37.7 Å². The first-order valence-corrected chi connectivity index (χ1v) is 11.5. The van der Waals surface area contributed by atoms with E-state index in [0.717, 1.165) is 16.3 Å². The Labute approximate surface area is 198 Å². The summed E-state index contributed by atoms with van der Waals surface area (Å²) >= 11 is 6.39. The lowest BCUT2D eigenvalue weighted by atomic mass is 10.00. The maximum Gasteiger partial charge on any atom is 0.339 e. The number of esters is 1. The highest BCUT2D eigenvalue weighted by Gasteiger charge is 2.25. The molecule has 1 fully saturated rings. The molecule has 1 atom stereocenters. The van der Waals surface area contributed by atoms with E-state index in [1.165, 1.54) is 6.20 Å². The first-order valence-electron chi connectivity index (χ1n) is 11.1. The van der Waals surface area contributed by atoms with Crippen LogP contribution in [0, 0.1) is 0 Å². The van der Waals surface area contributed by atoms with E-state index in [2.05, 4.69) is 34.6 Å². The number of piperazine rings is 1. The van der Waals surface area contributed by atoms with Gasteiger partial charge in [0.05, 0.1) is 23.2 Å². The van der Waals surface area contributed by atoms with Crippen molar-refractivity contribution in [2.24, 2.45) is 0 Å². The number of halogens is 1. The summed E-state index contributed by atoms with van der Waals surface area (Å²) in [5, 5.41) is 5.82. The number of hydrogen-bond acceptors (Lipinski definition) is 5. The van der Waals surface area contributed by atoms with Crippen molar-refractivity contribution >= 4 is 40.2 Å². The predicted octanol–water partition coefficient (Wildman–Crippen LogP) is 4.66. The van der Waals surface area contributed by atoms with Gasteiger partial charge in [0.2, 0.25) is 0 Å². The molecule has 2 amide bonds. The van der Waals surface area contributed by atoms with Gasteiger partial charge >= 0.3 is 12.0 Å². The summed E-state index contributed by atoms with van der Waals surface area (Å²) in [4.78, 5) is 33.0. The molecule has 1 aliphatic rings. The maximum atomic E-state index is 12.9. The number of anilines is 1. The topological polar surface area (TPSA) is 74.8 Å². The van der Waals surface area contributed by atoms with E-state index in [1.54, 1.807) is 17.9 Å². The number of carbonyl (C=O) groups excluding carboxylic acids is 2. The second kappa shape index (κ2) is 10.1. The molecule has 0 bridgehead atoms. The quantitative estimate of drug-likeness (QED) is 0.553. The van der Waals surface area contributed by atoms with Gasteiger partial charge in [-0.25, -0.2) is 14.6 Å². The summed E-state index contributed by atoms with van der Waals surface area (Å²) in [5.74, 6) is 0.161. The third-order valence-corrected chi connectivity index (χ3v) is 6.11. The minimum atomic E-state index is -0.444. The summed E-state index contributed by atoms with van der Waals surface area (Å²) in [6.07, 6.45) is 1.48. The van der Waals surface area contributed by atoms with Crippen LogP contribution in [0.25, 0.3) is 10.8 Å². The fourth-order valence-electron chi connectivity index (χ4n) is 4.09. The van der Waals surface area contributed by atoms with Crippen LogP contribution in [0.3, 0.4) is 0 Å². The Morgan fingerprint density at radius 1 is 1.12 bits per heavy atom. The highest BCUT2D eigenvalue weighted by molar-refractivity contribution is 6.33. The van der Waals surface area contributed by atoms with Gasteiger partial charge < -0.3 is 19.9 Å². The van der Waals surface area contributed by atoms with Crippen molar-refractivity contribution in [3.05, 3.63) is 70.9 Å². The standard InChI is InChI=1S/C25H27ClN4O3/c1-3-33-24(31)19-15-22(26)23(27-16-19)29-11-13-30(14-12-29)25(32)28-17(2)20-10-6-8-18-7-4-5-9-21(18)20/h4-10,15-17H,3,11-14H2,1-2H3,(H,28,32)/t17-/m0/s1. The molecule has 1 saturated heterocycles. The van der Waals surface area contributed by atoms with E-state index in [-0.39, 0.29) is 12.1 Å². The Hall–Kier alpha value is -3.32. The number of amides is 2. The van der Waals surface area contributed by atoms with Crippen LogP contribution in [0.4, 0.5) is 10.6 Å². The van der Waals surface area contributed by atoms with Crippen LogP contribution in [-0.4, -0.2) is 54.7 Å². The average Bonchev–Trinajstić information content (AvgIpc) is 2.83. The van der Waals surface area contributed by atoms with Crippen molar-refractivity contribution in [1.29, 1.82) is 0 Å². The van der Waals surface area contributed by atoms with Crippen molar-refractivity contribution in [3.8, 4) is 0 Å². The molecule has 8 heteroatoms. The van der Waals surface area contributed by atoms with Gasteiger partial charge in [-0.3, -0.25) is 0 Å². The number of benzene rings is 2. The summed E-state index contributed by atoms with van der Waals surface area (Å²) in [6.45, 7) is 6.34. The minimum absolute atomic E-state index is 0.0909. The van der Waals surface area contributed by atoms with Gasteiger partial charge in [0.1, 0.15) is 5.82 Å². The van der Waals surface area contributed by atoms with E-state index in [0.29, 0.717) is 49.2 Å². The average molecular weight is 467 g/mol. The molecule has 1 aliphatic heterocycles. The van der Waals surface area contributed by atoms with Gasteiger partial charge in [0, 0.05) is 32.4 Å². The van der Waals surface area contributed by atoms with Crippen LogP contribution < -0.4 is 10.2 Å². The van der Waals surface area contributed by atoms with Gasteiger partial charge in [-0.05, 0) is 36.2 Å². The fourth-order valence-corrected chi connectivity index (χ4v) is 4.38. The van der Waals surface area contributed by atoms with Crippen LogP contribution in [0.1, 0.15) is 35.8 Å². The van der Waals surface area contributed by atoms with Gasteiger partial charge in [-0.1, -0.05) is 54.1 Å². The van der Waals surface area contributed by atoms with E-state index in [1.807, 2.05) is 30.0 Å². The number of nitrogens with zero attached hydrogens (tertiary/aromatic N) is 3. The number of ether oxygens (including phenoxy) is 1. The highest BCUT2D eigenvalue weighted by atomic mass is 35.5. The molecule has 2 heterocycles. The zero-order chi connectivity index (χ0) is 23.4. The van der Waals surface area contributed by atoms with E-state index in [9.17, 15) is 9.59 Å². The van der Waals surface area contributed by atoms with Crippen LogP contribution >= 0.6 is 11.6 Å². The molecule has 0 unspecified atom stereocenters. The van der Waals surface area contributed by atoms with Crippen LogP contribution in [0.15, 0.2) is 54.7 Å². The molecule has 172 valence electrons. The van der Waals surface area contributed by atoms with E-state index in [4.69, 9.17) is 16.3 Å². The second-order valence-corrected chi connectivity index (χ2v) is 8.37. The van der Waals surface area contributed by atoms with Crippen molar-refractivity contribution in [3.63, 3.8) is 0 Å². The fraction of sp³-hybridized carbons (Fsp3) is 0.320. The lowest BCUT2D eigenvalue weighted by Crippen LogP contribution is -2.52. The summed E-state index contributed by atoms with van der Waals surface area (Å²) in [5.41, 5.74) is 1.42. The summed E-state index contributed by atoms with van der Waals surface area (Å²) in [6, 6.07) is 15.7. The molecule has 1 aromatic heterocycles. The molecule has 33 heavy (non-hydrogen) atoms. The Kier molecular flexibility index (Phi) is 6.99. The molecule has 0 spiro atoms. The number of hydrogen-bond donors (Lipinski definition) is 1. The Balaban J connectivity index is 1.37. The summed E-state index contributed by atoms with van der Waals surface area (Å²) in [7, 11) is 0. The molecule has 0 aliphatic carbocycles. The molecule has 3 aromatic rings. The third-order valence-electron chi connectivity index (χ3n) is 5.83. The molecule has 0 radical (unpaired) electrons. The lowest BCUT2D eigenvalue weighted by Gasteiger charge is -2.36. The van der Waals surface area contributed by atoms with Crippen molar-refractivity contribution < 1.29 is 14.3 Å². The third kappa shape index (κ3) is 5.03. The molecule has 4 rings (SSSR count). The Bertz CT molecular complexity index is 1160. The van der Waals surface area contributed by atoms with Crippen LogP contribution in [-0.2, 0) is 4.74 Å². The van der Waals surface area contributed by atoms with Crippen molar-refractivity contribution in [2.45, 2.75) is 19.9 Å². The maximum absolute atomic E-state index is 12.9. The lowest BCUT2D eigenvalue weighted by molar-refractivity contribution is 0.0526. The normalized spacial score (nSPS) is 14.8. The second-order valence-electron chi connectivity index (χ2n) is 7.96. The SMILES string of the molecule is CCOC(=O)c1cnc(N2CCN(C(=O)N[C@@H](C)c3cccc4ccccc34)CC2)c(Cl)c1. The zero-order valence-corrected chi connectivity index (χ0v) is 19.5.